The quantitative estimate of drug-likeness (QED) is 0.875. The van der Waals surface area contributed by atoms with Gasteiger partial charge >= 0.3 is 0 Å². The summed E-state index contributed by atoms with van der Waals surface area (Å²) in [6.45, 7) is 4.86. The highest BCUT2D eigenvalue weighted by Crippen LogP contribution is 2.41. The van der Waals surface area contributed by atoms with Crippen LogP contribution in [0.1, 0.15) is 30.4 Å². The fraction of sp³-hybridized carbons (Fsp3) is 0.625. The van der Waals surface area contributed by atoms with Gasteiger partial charge in [-0.1, -0.05) is 30.7 Å². The highest BCUT2D eigenvalue weighted by molar-refractivity contribution is 5.29. The van der Waals surface area contributed by atoms with Crippen molar-refractivity contribution < 1.29 is 0 Å². The molecule has 1 aromatic carbocycles. The predicted octanol–water partition coefficient (Wildman–Crippen LogP) is 2.43. The zero-order chi connectivity index (χ0) is 12.4. The van der Waals surface area contributed by atoms with Crippen LogP contribution in [0.3, 0.4) is 0 Å². The van der Waals surface area contributed by atoms with Crippen LogP contribution < -0.4 is 5.32 Å². The Balaban J connectivity index is 1.65. The maximum atomic E-state index is 3.39. The number of hydrogen-bond donors (Lipinski definition) is 1. The maximum Gasteiger partial charge on any atom is 0.0236 e. The molecule has 1 aliphatic heterocycles. The first-order valence-corrected chi connectivity index (χ1v) is 7.25. The van der Waals surface area contributed by atoms with Gasteiger partial charge in [0.05, 0.1) is 0 Å². The fourth-order valence-corrected chi connectivity index (χ4v) is 3.61. The van der Waals surface area contributed by atoms with Crippen molar-refractivity contribution in [3.8, 4) is 0 Å². The summed E-state index contributed by atoms with van der Waals surface area (Å²) in [5.74, 6) is 0. The molecule has 3 rings (SSSR count). The molecule has 0 bridgehead atoms. The number of benzene rings is 1. The summed E-state index contributed by atoms with van der Waals surface area (Å²) in [5.41, 5.74) is 3.67. The molecule has 1 aliphatic carbocycles. The molecule has 1 aromatic rings. The van der Waals surface area contributed by atoms with Crippen LogP contribution in [-0.4, -0.2) is 31.6 Å². The number of hydrogen-bond acceptors (Lipinski definition) is 2. The van der Waals surface area contributed by atoms with Crippen LogP contribution in [0.2, 0.25) is 0 Å². The molecule has 2 nitrogen and oxygen atoms in total. The van der Waals surface area contributed by atoms with Gasteiger partial charge < -0.3 is 5.32 Å². The van der Waals surface area contributed by atoms with Gasteiger partial charge in [0.15, 0.2) is 0 Å². The molecule has 98 valence electrons. The Bertz CT molecular complexity index is 409. The summed E-state index contributed by atoms with van der Waals surface area (Å²) in [5, 5.41) is 3.39. The molecule has 1 fully saturated rings. The van der Waals surface area contributed by atoms with Crippen LogP contribution in [0.4, 0.5) is 0 Å². The van der Waals surface area contributed by atoms with Crippen LogP contribution >= 0.6 is 0 Å². The molecule has 0 aromatic heterocycles. The van der Waals surface area contributed by atoms with Crippen LogP contribution in [-0.2, 0) is 13.0 Å². The third-order valence-corrected chi connectivity index (χ3v) is 4.73. The van der Waals surface area contributed by atoms with E-state index in [2.05, 4.69) is 41.5 Å². The van der Waals surface area contributed by atoms with E-state index in [1.165, 1.54) is 45.3 Å². The Morgan fingerprint density at radius 2 is 2.00 bits per heavy atom. The molecule has 0 saturated heterocycles. The lowest BCUT2D eigenvalue weighted by Gasteiger charge is -2.46. The molecule has 2 heteroatoms. The fourth-order valence-electron chi connectivity index (χ4n) is 3.61. The molecule has 0 radical (unpaired) electrons. The molecule has 0 amide bonds. The molecule has 0 spiro atoms. The van der Waals surface area contributed by atoms with E-state index in [9.17, 15) is 0 Å². The topological polar surface area (TPSA) is 15.3 Å². The van der Waals surface area contributed by atoms with Crippen LogP contribution in [0.5, 0.6) is 0 Å². The van der Waals surface area contributed by atoms with Crippen molar-refractivity contribution in [1.29, 1.82) is 0 Å². The van der Waals surface area contributed by atoms with Crippen molar-refractivity contribution in [2.45, 2.75) is 32.2 Å². The molecule has 0 unspecified atom stereocenters. The summed E-state index contributed by atoms with van der Waals surface area (Å²) < 4.78 is 0. The lowest BCUT2D eigenvalue weighted by molar-refractivity contribution is 0.0613. The SMILES string of the molecule is CNCC1(CN2CCc3ccccc3C2)CCC1. The first-order valence-electron chi connectivity index (χ1n) is 7.25. The van der Waals surface area contributed by atoms with E-state index < -0.39 is 0 Å². The lowest BCUT2D eigenvalue weighted by Crippen LogP contribution is -2.48. The number of nitrogens with one attached hydrogen (secondary N) is 1. The predicted molar refractivity (Wildman–Crippen MR) is 75.6 cm³/mol. The van der Waals surface area contributed by atoms with Crippen LogP contribution in [0, 0.1) is 5.41 Å². The van der Waals surface area contributed by atoms with Gasteiger partial charge in [-0.05, 0) is 42.9 Å². The Morgan fingerprint density at radius 1 is 1.22 bits per heavy atom. The zero-order valence-electron chi connectivity index (χ0n) is 11.4. The molecular weight excluding hydrogens is 220 g/mol. The number of fused-ring (bicyclic) bond motifs is 1. The van der Waals surface area contributed by atoms with Crippen LogP contribution in [0.15, 0.2) is 24.3 Å². The largest absolute Gasteiger partial charge is 0.319 e. The first kappa shape index (κ1) is 12.2. The number of rotatable bonds is 4. The molecule has 2 aliphatic rings. The second-order valence-electron chi connectivity index (χ2n) is 6.11. The van der Waals surface area contributed by atoms with E-state index in [4.69, 9.17) is 0 Å². The van der Waals surface area contributed by atoms with Gasteiger partial charge in [0.2, 0.25) is 0 Å². The Hall–Kier alpha value is -0.860. The van der Waals surface area contributed by atoms with Gasteiger partial charge in [-0.3, -0.25) is 4.90 Å². The Labute approximate surface area is 110 Å². The maximum absolute atomic E-state index is 3.39. The summed E-state index contributed by atoms with van der Waals surface area (Å²) in [6, 6.07) is 8.93. The normalized spacial score (nSPS) is 22.3. The van der Waals surface area contributed by atoms with E-state index in [0.29, 0.717) is 5.41 Å². The van der Waals surface area contributed by atoms with Gasteiger partial charge in [-0.15, -0.1) is 0 Å². The van der Waals surface area contributed by atoms with Gasteiger partial charge in [0.1, 0.15) is 0 Å². The smallest absolute Gasteiger partial charge is 0.0236 e. The Morgan fingerprint density at radius 3 is 2.67 bits per heavy atom. The summed E-state index contributed by atoms with van der Waals surface area (Å²) in [4.78, 5) is 2.67. The van der Waals surface area contributed by atoms with Crippen molar-refractivity contribution in [3.63, 3.8) is 0 Å². The third kappa shape index (κ3) is 2.32. The summed E-state index contributed by atoms with van der Waals surface area (Å²) >= 11 is 0. The Kier molecular flexibility index (Phi) is 3.40. The molecule has 0 atom stereocenters. The third-order valence-electron chi connectivity index (χ3n) is 4.73. The van der Waals surface area contributed by atoms with E-state index >= 15 is 0 Å². The summed E-state index contributed by atoms with van der Waals surface area (Å²) in [6.07, 6.45) is 5.47. The second-order valence-corrected chi connectivity index (χ2v) is 6.11. The van der Waals surface area contributed by atoms with Gasteiger partial charge in [-0.25, -0.2) is 0 Å². The van der Waals surface area contributed by atoms with Crippen molar-refractivity contribution in [2.75, 3.05) is 26.7 Å². The average molecular weight is 244 g/mol. The highest BCUT2D eigenvalue weighted by atomic mass is 15.1. The van der Waals surface area contributed by atoms with Crippen molar-refractivity contribution in [3.05, 3.63) is 35.4 Å². The minimum atomic E-state index is 0.570. The average Bonchev–Trinajstić information content (AvgIpc) is 2.36. The molecule has 1 saturated carbocycles. The van der Waals surface area contributed by atoms with Crippen LogP contribution in [0.25, 0.3) is 0 Å². The lowest BCUT2D eigenvalue weighted by atomic mass is 9.68. The molecular formula is C16H24N2. The first-order chi connectivity index (χ1) is 8.81. The minimum Gasteiger partial charge on any atom is -0.319 e. The number of nitrogens with zero attached hydrogens (tertiary/aromatic N) is 1. The monoisotopic (exact) mass is 244 g/mol. The molecule has 1 heterocycles. The standard InChI is InChI=1S/C16H24N2/c1-17-12-16(8-4-9-16)13-18-10-7-14-5-2-3-6-15(14)11-18/h2-3,5-6,17H,4,7-13H2,1H3. The zero-order valence-corrected chi connectivity index (χ0v) is 11.4. The van der Waals surface area contributed by atoms with Crippen molar-refractivity contribution in [1.82, 2.24) is 10.2 Å². The van der Waals surface area contributed by atoms with Crippen molar-refractivity contribution >= 4 is 0 Å². The molecule has 1 N–H and O–H groups in total. The van der Waals surface area contributed by atoms with Crippen molar-refractivity contribution in [2.24, 2.45) is 5.41 Å². The van der Waals surface area contributed by atoms with Gasteiger partial charge in [0, 0.05) is 26.2 Å². The molecule has 18 heavy (non-hydrogen) atoms. The van der Waals surface area contributed by atoms with E-state index in [-0.39, 0.29) is 0 Å². The van der Waals surface area contributed by atoms with E-state index in [1.54, 1.807) is 11.1 Å². The van der Waals surface area contributed by atoms with Gasteiger partial charge in [0.25, 0.3) is 0 Å². The second kappa shape index (κ2) is 5.02. The van der Waals surface area contributed by atoms with E-state index in [1.807, 2.05) is 0 Å². The van der Waals surface area contributed by atoms with E-state index in [0.717, 1.165) is 6.54 Å². The minimum absolute atomic E-state index is 0.570. The van der Waals surface area contributed by atoms with Gasteiger partial charge in [-0.2, -0.15) is 0 Å². The highest BCUT2D eigenvalue weighted by Gasteiger charge is 2.38. The summed E-state index contributed by atoms with van der Waals surface area (Å²) in [7, 11) is 2.09.